The number of amides is 2. The molecule has 3 heterocycles. The summed E-state index contributed by atoms with van der Waals surface area (Å²) >= 11 is 0. The van der Waals surface area contributed by atoms with Gasteiger partial charge < -0.3 is 24.1 Å². The Kier molecular flexibility index (Phi) is 6.87. The van der Waals surface area contributed by atoms with Gasteiger partial charge in [-0.3, -0.25) is 4.79 Å². The van der Waals surface area contributed by atoms with Crippen molar-refractivity contribution in [1.82, 2.24) is 15.2 Å². The molecule has 0 bridgehead atoms. The van der Waals surface area contributed by atoms with E-state index >= 15 is 0 Å². The van der Waals surface area contributed by atoms with Crippen LogP contribution in [0.3, 0.4) is 0 Å². The van der Waals surface area contributed by atoms with E-state index in [4.69, 9.17) is 13.9 Å². The summed E-state index contributed by atoms with van der Waals surface area (Å²) in [6.45, 7) is 8.81. The van der Waals surface area contributed by atoms with Crippen molar-refractivity contribution >= 4 is 12.0 Å². The number of methoxy groups -OCH3 is 1. The van der Waals surface area contributed by atoms with Crippen LogP contribution in [0.2, 0.25) is 0 Å². The van der Waals surface area contributed by atoms with Crippen LogP contribution in [0.25, 0.3) is 11.3 Å². The zero-order chi connectivity index (χ0) is 22.6. The van der Waals surface area contributed by atoms with Crippen molar-refractivity contribution in [3.63, 3.8) is 0 Å². The van der Waals surface area contributed by atoms with Crippen molar-refractivity contribution in [3.8, 4) is 17.1 Å². The maximum absolute atomic E-state index is 13.2. The number of carbonyl (C=O) groups is 2. The second-order valence-corrected chi connectivity index (χ2v) is 9.06. The Morgan fingerprint density at radius 3 is 2.74 bits per heavy atom. The molecule has 0 aliphatic carbocycles. The number of rotatable bonds is 6. The van der Waals surface area contributed by atoms with Crippen LogP contribution in [0.4, 0.5) is 4.79 Å². The topological polar surface area (TPSA) is 93.9 Å². The van der Waals surface area contributed by atoms with Crippen molar-refractivity contribution in [1.29, 1.82) is 0 Å². The standard InChI is InChI=1S/C23H31N3O5/c1-15-11-16(12-26(15)21(27)20(23(2,3)4)25-22(28)29-5)13-31-19-8-6-7-18(24-19)17-9-10-30-14-17/h6-10,14-16,20H,11-13H2,1-5H3,(H,25,28)/t15-,16-,20-/m1/s1. The zero-order valence-electron chi connectivity index (χ0n) is 18.8. The van der Waals surface area contributed by atoms with Gasteiger partial charge in [-0.05, 0) is 30.9 Å². The first kappa shape index (κ1) is 22.7. The monoisotopic (exact) mass is 429 g/mol. The van der Waals surface area contributed by atoms with Gasteiger partial charge in [-0.25, -0.2) is 9.78 Å². The lowest BCUT2D eigenvalue weighted by molar-refractivity contribution is -0.136. The Labute approximate surface area is 182 Å². The van der Waals surface area contributed by atoms with E-state index in [1.807, 2.05) is 56.9 Å². The number of nitrogens with zero attached hydrogens (tertiary/aromatic N) is 2. The second-order valence-electron chi connectivity index (χ2n) is 9.06. The molecule has 2 aromatic heterocycles. The van der Waals surface area contributed by atoms with Crippen LogP contribution < -0.4 is 10.1 Å². The molecule has 1 saturated heterocycles. The van der Waals surface area contributed by atoms with Gasteiger partial charge in [0.15, 0.2) is 0 Å². The van der Waals surface area contributed by atoms with E-state index in [9.17, 15) is 9.59 Å². The van der Waals surface area contributed by atoms with Crippen molar-refractivity contribution in [3.05, 3.63) is 36.8 Å². The molecular weight excluding hydrogens is 398 g/mol. The fourth-order valence-corrected chi connectivity index (χ4v) is 3.83. The number of likely N-dealkylation sites (tertiary alicyclic amines) is 1. The lowest BCUT2D eigenvalue weighted by Crippen LogP contribution is -2.55. The van der Waals surface area contributed by atoms with Gasteiger partial charge >= 0.3 is 6.09 Å². The number of pyridine rings is 1. The Balaban J connectivity index is 1.62. The van der Waals surface area contributed by atoms with Gasteiger partial charge in [0.2, 0.25) is 11.8 Å². The maximum atomic E-state index is 13.2. The first-order valence-electron chi connectivity index (χ1n) is 10.5. The van der Waals surface area contributed by atoms with E-state index < -0.39 is 17.6 Å². The van der Waals surface area contributed by atoms with Gasteiger partial charge in [0.25, 0.3) is 0 Å². The Bertz CT molecular complexity index is 891. The molecule has 2 amide bonds. The molecule has 3 rings (SSSR count). The summed E-state index contributed by atoms with van der Waals surface area (Å²) in [5.41, 5.74) is 1.23. The highest BCUT2D eigenvalue weighted by Crippen LogP contribution is 2.29. The number of carbonyl (C=O) groups excluding carboxylic acids is 2. The lowest BCUT2D eigenvalue weighted by atomic mass is 9.85. The minimum atomic E-state index is -0.671. The molecule has 31 heavy (non-hydrogen) atoms. The number of nitrogens with one attached hydrogen (secondary N) is 1. The first-order valence-corrected chi connectivity index (χ1v) is 10.5. The lowest BCUT2D eigenvalue weighted by Gasteiger charge is -2.34. The summed E-state index contributed by atoms with van der Waals surface area (Å²) in [4.78, 5) is 31.4. The summed E-state index contributed by atoms with van der Waals surface area (Å²) in [5, 5.41) is 2.69. The summed E-state index contributed by atoms with van der Waals surface area (Å²) < 4.78 is 15.8. The third-order valence-corrected chi connectivity index (χ3v) is 5.51. The van der Waals surface area contributed by atoms with Crippen molar-refractivity contribution in [2.45, 2.75) is 46.2 Å². The van der Waals surface area contributed by atoms with E-state index in [1.54, 1.807) is 12.5 Å². The number of alkyl carbamates (subject to hydrolysis) is 1. The van der Waals surface area contributed by atoms with Crippen molar-refractivity contribution in [2.24, 2.45) is 11.3 Å². The number of hydrogen-bond acceptors (Lipinski definition) is 6. The Morgan fingerprint density at radius 2 is 2.10 bits per heavy atom. The Hall–Kier alpha value is -3.03. The minimum Gasteiger partial charge on any atom is -0.477 e. The molecule has 0 radical (unpaired) electrons. The van der Waals surface area contributed by atoms with E-state index in [-0.39, 0.29) is 17.9 Å². The zero-order valence-corrected chi connectivity index (χ0v) is 18.8. The highest BCUT2D eigenvalue weighted by molar-refractivity contribution is 5.87. The van der Waals surface area contributed by atoms with Crippen LogP contribution >= 0.6 is 0 Å². The van der Waals surface area contributed by atoms with E-state index in [0.717, 1.165) is 17.7 Å². The minimum absolute atomic E-state index is 0.0515. The quantitative estimate of drug-likeness (QED) is 0.752. The molecule has 0 spiro atoms. The van der Waals surface area contributed by atoms with E-state index in [1.165, 1.54) is 7.11 Å². The molecule has 168 valence electrons. The summed E-state index contributed by atoms with van der Waals surface area (Å²) in [6, 6.07) is 6.84. The number of aromatic nitrogens is 1. The average molecular weight is 430 g/mol. The molecule has 2 aromatic rings. The summed E-state index contributed by atoms with van der Waals surface area (Å²) in [7, 11) is 1.29. The SMILES string of the molecule is COC(=O)N[C@H](C(=O)N1C[C@H](COc2cccc(-c3ccoc3)n2)C[C@H]1C)C(C)(C)C. The van der Waals surface area contributed by atoms with Crippen molar-refractivity contribution in [2.75, 3.05) is 20.3 Å². The van der Waals surface area contributed by atoms with Crippen LogP contribution in [-0.4, -0.2) is 54.2 Å². The molecule has 0 unspecified atom stereocenters. The fraction of sp³-hybridized carbons (Fsp3) is 0.522. The van der Waals surface area contributed by atoms with Crippen molar-refractivity contribution < 1.29 is 23.5 Å². The van der Waals surface area contributed by atoms with Gasteiger partial charge in [0.1, 0.15) is 6.04 Å². The largest absolute Gasteiger partial charge is 0.477 e. The van der Waals surface area contributed by atoms with E-state index in [2.05, 4.69) is 10.3 Å². The number of hydrogen-bond donors (Lipinski definition) is 1. The van der Waals surface area contributed by atoms with Gasteiger partial charge in [0.05, 0.1) is 31.9 Å². The predicted molar refractivity (Wildman–Crippen MR) is 115 cm³/mol. The molecule has 3 atom stereocenters. The van der Waals surface area contributed by atoms with Gasteiger partial charge in [0, 0.05) is 30.1 Å². The third kappa shape index (κ3) is 5.57. The normalized spacial score (nSPS) is 19.7. The smallest absolute Gasteiger partial charge is 0.407 e. The predicted octanol–water partition coefficient (Wildman–Crippen LogP) is 3.73. The van der Waals surface area contributed by atoms with Gasteiger partial charge in [-0.2, -0.15) is 0 Å². The second kappa shape index (κ2) is 9.41. The summed E-state index contributed by atoms with van der Waals surface area (Å²) in [5.74, 6) is 0.612. The third-order valence-electron chi connectivity index (χ3n) is 5.51. The first-order chi connectivity index (χ1) is 14.7. The van der Waals surface area contributed by atoms with Crippen LogP contribution in [-0.2, 0) is 9.53 Å². The fourth-order valence-electron chi connectivity index (χ4n) is 3.83. The van der Waals surface area contributed by atoms with E-state index in [0.29, 0.717) is 19.0 Å². The van der Waals surface area contributed by atoms with Crippen LogP contribution in [0, 0.1) is 11.3 Å². The van der Waals surface area contributed by atoms with Crippen LogP contribution in [0.15, 0.2) is 41.2 Å². The maximum Gasteiger partial charge on any atom is 0.407 e. The molecule has 1 aliphatic heterocycles. The molecular formula is C23H31N3O5. The molecule has 1 fully saturated rings. The highest BCUT2D eigenvalue weighted by Gasteiger charge is 2.41. The Morgan fingerprint density at radius 1 is 1.32 bits per heavy atom. The molecule has 0 saturated carbocycles. The van der Waals surface area contributed by atoms with Crippen LogP contribution in [0.1, 0.15) is 34.1 Å². The average Bonchev–Trinajstić information content (AvgIpc) is 3.39. The molecule has 8 heteroatoms. The van der Waals surface area contributed by atoms with Gasteiger partial charge in [-0.15, -0.1) is 0 Å². The highest BCUT2D eigenvalue weighted by atomic mass is 16.5. The molecule has 1 N–H and O–H groups in total. The molecule has 8 nitrogen and oxygen atoms in total. The number of furan rings is 1. The summed E-state index contributed by atoms with van der Waals surface area (Å²) in [6.07, 6.45) is 3.46. The number of ether oxygens (including phenoxy) is 2. The van der Waals surface area contributed by atoms with Crippen LogP contribution in [0.5, 0.6) is 5.88 Å². The molecule has 1 aliphatic rings. The molecule has 0 aromatic carbocycles. The van der Waals surface area contributed by atoms with Gasteiger partial charge in [-0.1, -0.05) is 26.8 Å².